The van der Waals surface area contributed by atoms with Crippen molar-refractivity contribution in [3.05, 3.63) is 17.8 Å². The fraction of sp³-hybridized carbons (Fsp3) is 0.667. The maximum atomic E-state index is 6.08. The molecular weight excluding hydrogens is 253 g/mol. The number of rotatable bonds is 3. The molecule has 1 aliphatic carbocycles. The van der Waals surface area contributed by atoms with Gasteiger partial charge in [0.05, 0.1) is 17.3 Å². The number of ether oxygens (including phenoxy) is 1. The molecule has 3 rings (SSSR count). The molecule has 2 fully saturated rings. The number of aryl methyl sites for hydroxylation is 1. The van der Waals surface area contributed by atoms with Gasteiger partial charge in [-0.15, -0.1) is 0 Å². The lowest BCUT2D eigenvalue weighted by atomic mass is 9.83. The van der Waals surface area contributed by atoms with E-state index in [-0.39, 0.29) is 11.2 Å². The first-order valence-electron chi connectivity index (χ1n) is 7.28. The average molecular weight is 275 g/mol. The molecule has 0 radical (unpaired) electrons. The van der Waals surface area contributed by atoms with Crippen LogP contribution in [0.2, 0.25) is 0 Å². The van der Waals surface area contributed by atoms with Crippen LogP contribution in [0.3, 0.4) is 0 Å². The Balaban J connectivity index is 1.91. The van der Waals surface area contributed by atoms with Crippen molar-refractivity contribution >= 4 is 12.7 Å². The zero-order valence-corrected chi connectivity index (χ0v) is 12.9. The van der Waals surface area contributed by atoms with Gasteiger partial charge in [0.15, 0.2) is 0 Å². The van der Waals surface area contributed by atoms with E-state index in [1.807, 2.05) is 46.8 Å². The molecule has 0 atom stereocenters. The zero-order chi connectivity index (χ0) is 14.5. The summed E-state index contributed by atoms with van der Waals surface area (Å²) in [4.78, 5) is 4.59. The van der Waals surface area contributed by atoms with Crippen LogP contribution >= 0.6 is 0 Å². The van der Waals surface area contributed by atoms with Gasteiger partial charge in [-0.05, 0) is 59.6 Å². The Morgan fingerprint density at radius 1 is 1.15 bits per heavy atom. The quantitative estimate of drug-likeness (QED) is 0.793. The van der Waals surface area contributed by atoms with Gasteiger partial charge in [-0.2, -0.15) is 0 Å². The molecule has 0 aromatic carbocycles. The van der Waals surface area contributed by atoms with Gasteiger partial charge >= 0.3 is 7.12 Å². The van der Waals surface area contributed by atoms with E-state index in [0.29, 0.717) is 6.10 Å². The van der Waals surface area contributed by atoms with Gasteiger partial charge in [-0.3, -0.25) is 4.98 Å². The summed E-state index contributed by atoms with van der Waals surface area (Å²) in [5, 5.41) is 0. The lowest BCUT2D eigenvalue weighted by Gasteiger charge is -2.32. The number of aromatic nitrogens is 1. The topological polar surface area (TPSA) is 40.6 Å². The Bertz CT molecular complexity index is 510. The minimum Gasteiger partial charge on any atom is -0.489 e. The van der Waals surface area contributed by atoms with E-state index in [9.17, 15) is 0 Å². The predicted molar refractivity (Wildman–Crippen MR) is 78.3 cm³/mol. The Hall–Kier alpha value is -1.07. The minimum atomic E-state index is -0.464. The average Bonchev–Trinajstić information content (AvgIpc) is 3.10. The number of hydrogen-bond acceptors (Lipinski definition) is 4. The summed E-state index contributed by atoms with van der Waals surface area (Å²) in [5.41, 5.74) is 0.980. The molecule has 1 saturated heterocycles. The lowest BCUT2D eigenvalue weighted by molar-refractivity contribution is 0.00578. The normalized spacial score (nSPS) is 23.9. The first-order valence-corrected chi connectivity index (χ1v) is 7.28. The molecule has 5 heteroatoms. The minimum absolute atomic E-state index is 0.334. The second kappa shape index (κ2) is 4.47. The SMILES string of the molecule is Cc1ccc(OC2CC2)c(B2OC(C)(C)C(C)(C)O2)n1. The molecule has 0 unspecified atom stereocenters. The maximum absolute atomic E-state index is 6.08. The van der Waals surface area contributed by atoms with Crippen LogP contribution in [0.25, 0.3) is 0 Å². The standard InChI is InChI=1S/C15H22BNO3/c1-10-6-9-12(18-11-7-8-11)13(17-10)16-19-14(2,3)15(4,5)20-16/h6,9,11H,7-8H2,1-5H3. The van der Waals surface area contributed by atoms with Gasteiger partial charge < -0.3 is 14.0 Å². The van der Waals surface area contributed by atoms with Crippen molar-refractivity contribution in [3.8, 4) is 5.75 Å². The van der Waals surface area contributed by atoms with E-state index in [4.69, 9.17) is 14.0 Å². The first-order chi connectivity index (χ1) is 9.28. The maximum Gasteiger partial charge on any atom is 0.518 e. The summed E-state index contributed by atoms with van der Waals surface area (Å²) in [6, 6.07) is 3.94. The lowest BCUT2D eigenvalue weighted by Crippen LogP contribution is -2.41. The highest BCUT2D eigenvalue weighted by molar-refractivity contribution is 6.62. The second-order valence-corrected chi connectivity index (χ2v) is 6.74. The largest absolute Gasteiger partial charge is 0.518 e. The van der Waals surface area contributed by atoms with Crippen LogP contribution in [-0.4, -0.2) is 29.4 Å². The first kappa shape index (κ1) is 13.9. The fourth-order valence-electron chi connectivity index (χ4n) is 2.15. The highest BCUT2D eigenvalue weighted by atomic mass is 16.7. The van der Waals surface area contributed by atoms with Crippen LogP contribution in [0.5, 0.6) is 5.75 Å². The Kier molecular flexibility index (Phi) is 3.10. The molecule has 1 aromatic heterocycles. The Morgan fingerprint density at radius 3 is 2.30 bits per heavy atom. The zero-order valence-electron chi connectivity index (χ0n) is 12.9. The van der Waals surface area contributed by atoms with Crippen LogP contribution in [0.1, 0.15) is 46.2 Å². The second-order valence-electron chi connectivity index (χ2n) is 6.74. The molecule has 1 aliphatic heterocycles. The Morgan fingerprint density at radius 2 is 1.75 bits per heavy atom. The molecule has 20 heavy (non-hydrogen) atoms. The van der Waals surface area contributed by atoms with Crippen molar-refractivity contribution in [1.82, 2.24) is 4.98 Å². The fourth-order valence-corrected chi connectivity index (χ4v) is 2.15. The Labute approximate surface area is 121 Å². The van der Waals surface area contributed by atoms with Gasteiger partial charge in [0, 0.05) is 5.69 Å². The number of pyridine rings is 1. The molecule has 2 aliphatic rings. The monoisotopic (exact) mass is 275 g/mol. The smallest absolute Gasteiger partial charge is 0.489 e. The molecule has 0 bridgehead atoms. The van der Waals surface area contributed by atoms with Gasteiger partial charge in [0.1, 0.15) is 11.3 Å². The summed E-state index contributed by atoms with van der Waals surface area (Å²) in [7, 11) is -0.464. The van der Waals surface area contributed by atoms with Crippen molar-refractivity contribution in [2.24, 2.45) is 0 Å². The highest BCUT2D eigenvalue weighted by Gasteiger charge is 2.53. The van der Waals surface area contributed by atoms with Gasteiger partial charge in [-0.1, -0.05) is 0 Å². The molecule has 4 nitrogen and oxygen atoms in total. The number of hydrogen-bond donors (Lipinski definition) is 0. The van der Waals surface area contributed by atoms with Crippen molar-refractivity contribution in [1.29, 1.82) is 0 Å². The van der Waals surface area contributed by atoms with Gasteiger partial charge in [0.25, 0.3) is 0 Å². The molecule has 0 N–H and O–H groups in total. The third-order valence-corrected chi connectivity index (χ3v) is 4.32. The summed E-state index contributed by atoms with van der Waals surface area (Å²) >= 11 is 0. The summed E-state index contributed by atoms with van der Waals surface area (Å²) < 4.78 is 18.1. The van der Waals surface area contributed by atoms with E-state index >= 15 is 0 Å². The predicted octanol–water partition coefficient (Wildman–Crippen LogP) is 2.23. The summed E-state index contributed by atoms with van der Waals surface area (Å²) in [6.45, 7) is 10.2. The third kappa shape index (κ3) is 2.45. The molecule has 108 valence electrons. The molecule has 0 spiro atoms. The van der Waals surface area contributed by atoms with Crippen molar-refractivity contribution in [3.63, 3.8) is 0 Å². The highest BCUT2D eigenvalue weighted by Crippen LogP contribution is 2.37. The van der Waals surface area contributed by atoms with Crippen LogP contribution < -0.4 is 10.3 Å². The van der Waals surface area contributed by atoms with Crippen LogP contribution in [0.4, 0.5) is 0 Å². The number of nitrogens with zero attached hydrogens (tertiary/aromatic N) is 1. The molecule has 0 amide bonds. The summed E-state index contributed by atoms with van der Waals surface area (Å²) in [5.74, 6) is 0.789. The van der Waals surface area contributed by atoms with Gasteiger partial charge in [-0.25, -0.2) is 0 Å². The van der Waals surface area contributed by atoms with E-state index in [1.165, 1.54) is 0 Å². The molecule has 1 saturated carbocycles. The molecule has 2 heterocycles. The third-order valence-electron chi connectivity index (χ3n) is 4.32. The van der Waals surface area contributed by atoms with Crippen molar-refractivity contribution < 1.29 is 14.0 Å². The van der Waals surface area contributed by atoms with E-state index in [0.717, 1.165) is 29.9 Å². The van der Waals surface area contributed by atoms with Gasteiger partial charge in [0.2, 0.25) is 0 Å². The van der Waals surface area contributed by atoms with Crippen molar-refractivity contribution in [2.45, 2.75) is 64.8 Å². The van der Waals surface area contributed by atoms with Crippen LogP contribution in [-0.2, 0) is 9.31 Å². The van der Waals surface area contributed by atoms with E-state index < -0.39 is 7.12 Å². The van der Waals surface area contributed by atoms with Crippen LogP contribution in [0.15, 0.2) is 12.1 Å². The van der Waals surface area contributed by atoms with Crippen molar-refractivity contribution in [2.75, 3.05) is 0 Å². The van der Waals surface area contributed by atoms with Crippen LogP contribution in [0, 0.1) is 6.92 Å². The summed E-state index contributed by atoms with van der Waals surface area (Å²) in [6.07, 6.45) is 2.58. The van der Waals surface area contributed by atoms with E-state index in [1.54, 1.807) is 0 Å². The van der Waals surface area contributed by atoms with E-state index in [2.05, 4.69) is 4.98 Å². The molecule has 1 aromatic rings. The molecular formula is C15H22BNO3.